The Hall–Kier alpha value is -2.34. The van der Waals surface area contributed by atoms with Crippen molar-refractivity contribution in [3.05, 3.63) is 100 Å². The minimum atomic E-state index is 0.322. The van der Waals surface area contributed by atoms with Gasteiger partial charge in [0.05, 0.1) is 0 Å². The molecular weight excluding hydrogens is 312 g/mol. The maximum Gasteiger partial charge on any atom is 0.0354 e. The Labute approximate surface area is 160 Å². The van der Waals surface area contributed by atoms with Crippen LogP contribution in [0.3, 0.4) is 0 Å². The van der Waals surface area contributed by atoms with E-state index in [0.717, 1.165) is 0 Å². The highest BCUT2D eigenvalue weighted by Crippen LogP contribution is 2.47. The monoisotopic (exact) mass is 344 g/mol. The molecule has 0 fully saturated rings. The Morgan fingerprint density at radius 1 is 0.962 bits per heavy atom. The van der Waals surface area contributed by atoms with Gasteiger partial charge in [-0.05, 0) is 66.7 Å². The summed E-state index contributed by atoms with van der Waals surface area (Å²) in [5, 5.41) is 0. The van der Waals surface area contributed by atoms with Gasteiger partial charge in [-0.2, -0.15) is 0 Å². The fraction of sp³-hybridized carbons (Fsp3) is 0.308. The van der Waals surface area contributed by atoms with Crippen molar-refractivity contribution in [1.29, 1.82) is 0 Å². The highest BCUT2D eigenvalue weighted by Gasteiger charge is 2.30. The molecule has 1 aliphatic carbocycles. The number of allylic oxidation sites excluding steroid dienone is 5. The van der Waals surface area contributed by atoms with E-state index in [4.69, 9.17) is 0 Å². The summed E-state index contributed by atoms with van der Waals surface area (Å²) in [5.41, 5.74) is 11.1. The van der Waals surface area contributed by atoms with Gasteiger partial charge < -0.3 is 0 Å². The van der Waals surface area contributed by atoms with Gasteiger partial charge in [-0.3, -0.25) is 0 Å². The number of benzene rings is 2. The summed E-state index contributed by atoms with van der Waals surface area (Å²) >= 11 is 0. The molecule has 0 bridgehead atoms. The van der Waals surface area contributed by atoms with Gasteiger partial charge in [0.1, 0.15) is 0 Å². The molecule has 0 aromatic heterocycles. The zero-order valence-electron chi connectivity index (χ0n) is 17.2. The molecule has 26 heavy (non-hydrogen) atoms. The van der Waals surface area contributed by atoms with Crippen LogP contribution in [0.2, 0.25) is 0 Å². The van der Waals surface area contributed by atoms with Gasteiger partial charge in [-0.1, -0.05) is 87.0 Å². The van der Waals surface area contributed by atoms with Gasteiger partial charge in [-0.25, -0.2) is 0 Å². The van der Waals surface area contributed by atoms with Gasteiger partial charge in [0.2, 0.25) is 0 Å². The lowest BCUT2D eigenvalue weighted by Crippen LogP contribution is -2.05. The van der Waals surface area contributed by atoms with E-state index in [9.17, 15) is 0 Å². The topological polar surface area (TPSA) is 0 Å². The summed E-state index contributed by atoms with van der Waals surface area (Å²) in [6.45, 7) is 17.0. The molecule has 1 aliphatic rings. The van der Waals surface area contributed by atoms with Crippen molar-refractivity contribution < 1.29 is 0 Å². The first-order valence-corrected chi connectivity index (χ1v) is 9.63. The van der Waals surface area contributed by atoms with Crippen LogP contribution in [0.25, 0.3) is 5.57 Å². The Kier molecular flexibility index (Phi) is 6.80. The van der Waals surface area contributed by atoms with Crippen LogP contribution in [-0.2, 0) is 0 Å². The van der Waals surface area contributed by atoms with Crippen molar-refractivity contribution in [1.82, 2.24) is 0 Å². The average Bonchev–Trinajstić information content (AvgIpc) is 2.86. The molecule has 1 atom stereocenters. The first kappa shape index (κ1) is 20.0. The van der Waals surface area contributed by atoms with Gasteiger partial charge in [0, 0.05) is 5.92 Å². The minimum absolute atomic E-state index is 0.322. The van der Waals surface area contributed by atoms with Crippen molar-refractivity contribution in [3.8, 4) is 0 Å². The van der Waals surface area contributed by atoms with E-state index in [2.05, 4.69) is 96.7 Å². The Morgan fingerprint density at radius 3 is 2.12 bits per heavy atom. The molecule has 0 radical (unpaired) electrons. The third-order valence-corrected chi connectivity index (χ3v) is 4.86. The summed E-state index contributed by atoms with van der Waals surface area (Å²) in [6, 6.07) is 13.4. The standard InChI is InChI=1S/C23H24.C3H8/c1-6-7-10-20-18(5)19-11-8-9-12-21(19)23(20)22-16(3)13-15(2)14-17(22)4;1-3-2/h6-14,23H,1H2,2-5H3;3H2,1-2H3/b10-7-;. The van der Waals surface area contributed by atoms with Gasteiger partial charge in [0.15, 0.2) is 0 Å². The summed E-state index contributed by atoms with van der Waals surface area (Å²) in [5.74, 6) is 0.322. The number of aryl methyl sites for hydroxylation is 3. The molecule has 0 heterocycles. The molecule has 0 aliphatic heterocycles. The second kappa shape index (κ2) is 8.85. The van der Waals surface area contributed by atoms with Crippen LogP contribution in [0, 0.1) is 20.8 Å². The lowest BCUT2D eigenvalue weighted by molar-refractivity contribution is 0.967. The van der Waals surface area contributed by atoms with Crippen LogP contribution in [-0.4, -0.2) is 0 Å². The summed E-state index contributed by atoms with van der Waals surface area (Å²) < 4.78 is 0. The predicted molar refractivity (Wildman–Crippen MR) is 117 cm³/mol. The molecule has 2 aromatic carbocycles. The zero-order chi connectivity index (χ0) is 19.3. The molecule has 0 amide bonds. The van der Waals surface area contributed by atoms with Crippen LogP contribution in [0.1, 0.15) is 66.5 Å². The molecule has 2 aromatic rings. The fourth-order valence-electron chi connectivity index (χ4n) is 3.98. The molecule has 0 saturated heterocycles. The van der Waals surface area contributed by atoms with Crippen molar-refractivity contribution in [2.45, 2.75) is 53.9 Å². The summed E-state index contributed by atoms with van der Waals surface area (Å²) in [6.07, 6.45) is 7.39. The van der Waals surface area contributed by atoms with Gasteiger partial charge >= 0.3 is 0 Å². The maximum atomic E-state index is 3.83. The highest BCUT2D eigenvalue weighted by atomic mass is 14.3. The third kappa shape index (κ3) is 3.90. The van der Waals surface area contributed by atoms with E-state index < -0.39 is 0 Å². The van der Waals surface area contributed by atoms with Gasteiger partial charge in [-0.15, -0.1) is 0 Å². The first-order chi connectivity index (χ1) is 12.5. The minimum Gasteiger partial charge on any atom is -0.0991 e. The Bertz CT molecular complexity index is 823. The highest BCUT2D eigenvalue weighted by molar-refractivity contribution is 5.81. The second-order valence-corrected chi connectivity index (χ2v) is 7.21. The number of fused-ring (bicyclic) bond motifs is 1. The van der Waals surface area contributed by atoms with E-state index in [1.807, 2.05) is 6.08 Å². The van der Waals surface area contributed by atoms with Crippen molar-refractivity contribution in [2.24, 2.45) is 0 Å². The second-order valence-electron chi connectivity index (χ2n) is 7.21. The van der Waals surface area contributed by atoms with Gasteiger partial charge in [0.25, 0.3) is 0 Å². The van der Waals surface area contributed by atoms with E-state index in [1.165, 1.54) is 50.9 Å². The van der Waals surface area contributed by atoms with E-state index in [-0.39, 0.29) is 0 Å². The van der Waals surface area contributed by atoms with E-state index in [1.54, 1.807) is 0 Å². The average molecular weight is 345 g/mol. The van der Waals surface area contributed by atoms with Crippen molar-refractivity contribution in [3.63, 3.8) is 0 Å². The van der Waals surface area contributed by atoms with Crippen LogP contribution in [0.4, 0.5) is 0 Å². The molecule has 0 heteroatoms. The van der Waals surface area contributed by atoms with Crippen LogP contribution in [0.15, 0.2) is 66.8 Å². The SMILES string of the molecule is C=C/C=C\C1=C(C)c2ccccc2C1c1c(C)cc(C)cc1C.CCC. The molecular formula is C26H32. The maximum absolute atomic E-state index is 3.83. The quantitative estimate of drug-likeness (QED) is 0.501. The Balaban J connectivity index is 0.000000758. The molecule has 0 N–H and O–H groups in total. The number of rotatable bonds is 3. The predicted octanol–water partition coefficient (Wildman–Crippen LogP) is 7.69. The number of hydrogen-bond acceptors (Lipinski definition) is 0. The van der Waals surface area contributed by atoms with Crippen LogP contribution < -0.4 is 0 Å². The van der Waals surface area contributed by atoms with E-state index in [0.29, 0.717) is 5.92 Å². The lowest BCUT2D eigenvalue weighted by atomic mass is 9.82. The molecule has 0 nitrogen and oxygen atoms in total. The summed E-state index contributed by atoms with van der Waals surface area (Å²) in [4.78, 5) is 0. The smallest absolute Gasteiger partial charge is 0.0354 e. The van der Waals surface area contributed by atoms with Crippen molar-refractivity contribution >= 4 is 5.57 Å². The third-order valence-electron chi connectivity index (χ3n) is 4.86. The lowest BCUT2D eigenvalue weighted by Gasteiger charge is -2.21. The van der Waals surface area contributed by atoms with E-state index >= 15 is 0 Å². The van der Waals surface area contributed by atoms with Crippen LogP contribution >= 0.6 is 0 Å². The molecule has 0 saturated carbocycles. The molecule has 3 rings (SSSR count). The number of hydrogen-bond donors (Lipinski definition) is 0. The molecule has 1 unspecified atom stereocenters. The van der Waals surface area contributed by atoms with Crippen molar-refractivity contribution in [2.75, 3.05) is 0 Å². The normalized spacial score (nSPS) is 15.7. The zero-order valence-corrected chi connectivity index (χ0v) is 17.2. The Morgan fingerprint density at radius 2 is 1.54 bits per heavy atom. The fourth-order valence-corrected chi connectivity index (χ4v) is 3.98. The van der Waals surface area contributed by atoms with Crippen LogP contribution in [0.5, 0.6) is 0 Å². The summed E-state index contributed by atoms with van der Waals surface area (Å²) in [7, 11) is 0. The molecule has 136 valence electrons. The molecule has 0 spiro atoms. The largest absolute Gasteiger partial charge is 0.0991 e. The first-order valence-electron chi connectivity index (χ1n) is 9.63.